The van der Waals surface area contributed by atoms with Gasteiger partial charge < -0.3 is 10.2 Å². The van der Waals surface area contributed by atoms with Crippen molar-refractivity contribution in [3.63, 3.8) is 0 Å². The Labute approximate surface area is 139 Å². The van der Waals surface area contributed by atoms with E-state index in [1.54, 1.807) is 16.0 Å². The van der Waals surface area contributed by atoms with E-state index in [1.807, 2.05) is 41.1 Å². The molecule has 1 fully saturated rings. The van der Waals surface area contributed by atoms with E-state index in [1.165, 1.54) is 0 Å². The number of rotatable bonds is 2. The molecule has 0 saturated carbocycles. The molecule has 2 aliphatic rings. The molecule has 3 amide bonds. The zero-order chi connectivity index (χ0) is 16.5. The monoisotopic (exact) mass is 325 g/mol. The van der Waals surface area contributed by atoms with Gasteiger partial charge in [-0.25, -0.2) is 9.48 Å². The Balaban J connectivity index is 1.49. The number of amides is 3. The highest BCUT2D eigenvalue weighted by Gasteiger charge is 2.39. The van der Waals surface area contributed by atoms with Gasteiger partial charge in [0.15, 0.2) is 0 Å². The Morgan fingerprint density at radius 2 is 1.92 bits per heavy atom. The average molecular weight is 325 g/mol. The van der Waals surface area contributed by atoms with Crippen LogP contribution in [0.1, 0.15) is 12.8 Å². The lowest BCUT2D eigenvalue weighted by molar-refractivity contribution is -0.121. The molecule has 0 unspecified atom stereocenters. The standard InChI is InChI=1S/C17H19N5O2/c23-16(21-11-12-22-15(21)8-9-18-22)14-7-4-10-20(14)17(24)19-13-5-2-1-3-6-13/h1-3,5-6,8-9,14H,4,7,10-12H2,(H,19,24)/t14-/m0/s1. The second-order valence-electron chi connectivity index (χ2n) is 6.05. The molecule has 2 aromatic rings. The molecular formula is C17H19N5O2. The number of likely N-dealkylation sites (tertiary alicyclic amines) is 1. The van der Waals surface area contributed by atoms with Crippen LogP contribution in [0.3, 0.4) is 0 Å². The van der Waals surface area contributed by atoms with E-state index in [9.17, 15) is 9.59 Å². The van der Waals surface area contributed by atoms with Gasteiger partial charge in [-0.3, -0.25) is 9.69 Å². The van der Waals surface area contributed by atoms with Gasteiger partial charge in [0.2, 0.25) is 0 Å². The summed E-state index contributed by atoms with van der Waals surface area (Å²) in [6.45, 7) is 1.92. The van der Waals surface area contributed by atoms with Gasteiger partial charge in [-0.15, -0.1) is 0 Å². The Morgan fingerprint density at radius 1 is 1.08 bits per heavy atom. The molecule has 3 heterocycles. The number of urea groups is 1. The SMILES string of the molecule is O=C([C@@H]1CCCN1C(=O)Nc1ccccc1)N1CCn2nccc21. The fourth-order valence-corrected chi connectivity index (χ4v) is 3.42. The second-order valence-corrected chi connectivity index (χ2v) is 6.05. The van der Waals surface area contributed by atoms with Crippen LogP contribution in [0.15, 0.2) is 42.6 Å². The molecule has 0 aliphatic carbocycles. The van der Waals surface area contributed by atoms with Gasteiger partial charge in [0.05, 0.1) is 12.7 Å². The van der Waals surface area contributed by atoms with Crippen LogP contribution in [-0.4, -0.2) is 45.8 Å². The van der Waals surface area contributed by atoms with Gasteiger partial charge in [0, 0.05) is 24.8 Å². The van der Waals surface area contributed by atoms with E-state index in [0.717, 1.165) is 17.9 Å². The highest BCUT2D eigenvalue weighted by Crippen LogP contribution is 2.26. The molecule has 0 spiro atoms. The van der Waals surface area contributed by atoms with E-state index >= 15 is 0 Å². The number of carbonyl (C=O) groups is 2. The highest BCUT2D eigenvalue weighted by atomic mass is 16.2. The molecule has 7 heteroatoms. The summed E-state index contributed by atoms with van der Waals surface area (Å²) in [5, 5.41) is 7.07. The molecule has 1 aromatic heterocycles. The van der Waals surface area contributed by atoms with Crippen LogP contribution in [0.25, 0.3) is 0 Å². The zero-order valence-corrected chi connectivity index (χ0v) is 13.3. The maximum atomic E-state index is 12.9. The van der Waals surface area contributed by atoms with Gasteiger partial charge in [0.1, 0.15) is 11.9 Å². The van der Waals surface area contributed by atoms with E-state index in [2.05, 4.69) is 10.4 Å². The van der Waals surface area contributed by atoms with E-state index in [0.29, 0.717) is 26.1 Å². The zero-order valence-electron chi connectivity index (χ0n) is 13.3. The number of para-hydroxylation sites is 1. The number of aromatic nitrogens is 2. The molecule has 2 aliphatic heterocycles. The molecule has 0 radical (unpaired) electrons. The lowest BCUT2D eigenvalue weighted by Crippen LogP contribution is -2.48. The third-order valence-electron chi connectivity index (χ3n) is 4.60. The van der Waals surface area contributed by atoms with Crippen LogP contribution in [0.2, 0.25) is 0 Å². The van der Waals surface area contributed by atoms with Gasteiger partial charge in [0.25, 0.3) is 5.91 Å². The number of carbonyl (C=O) groups excluding carboxylic acids is 2. The molecular weight excluding hydrogens is 306 g/mol. The van der Waals surface area contributed by atoms with Crippen molar-refractivity contribution in [2.24, 2.45) is 0 Å². The normalized spacial score (nSPS) is 19.4. The van der Waals surface area contributed by atoms with Crippen LogP contribution >= 0.6 is 0 Å². The Hall–Kier alpha value is -2.83. The van der Waals surface area contributed by atoms with E-state index in [-0.39, 0.29) is 11.9 Å². The summed E-state index contributed by atoms with van der Waals surface area (Å²) in [6.07, 6.45) is 3.24. The summed E-state index contributed by atoms with van der Waals surface area (Å²) in [5.74, 6) is 0.797. The van der Waals surface area contributed by atoms with Crippen molar-refractivity contribution >= 4 is 23.4 Å². The molecule has 1 saturated heterocycles. The van der Waals surface area contributed by atoms with Gasteiger partial charge >= 0.3 is 6.03 Å². The molecule has 24 heavy (non-hydrogen) atoms. The Morgan fingerprint density at radius 3 is 2.75 bits per heavy atom. The van der Waals surface area contributed by atoms with Crippen molar-refractivity contribution < 1.29 is 9.59 Å². The van der Waals surface area contributed by atoms with Crippen LogP contribution in [0, 0.1) is 0 Å². The minimum absolute atomic E-state index is 0.0186. The smallest absolute Gasteiger partial charge is 0.312 e. The van der Waals surface area contributed by atoms with Crippen LogP contribution < -0.4 is 10.2 Å². The van der Waals surface area contributed by atoms with Crippen molar-refractivity contribution in [3.8, 4) is 0 Å². The van der Waals surface area contributed by atoms with Crippen LogP contribution in [0.5, 0.6) is 0 Å². The number of benzene rings is 1. The summed E-state index contributed by atoms with van der Waals surface area (Å²) in [4.78, 5) is 28.9. The van der Waals surface area contributed by atoms with Crippen molar-refractivity contribution in [1.29, 1.82) is 0 Å². The molecule has 1 aromatic carbocycles. The summed E-state index contributed by atoms with van der Waals surface area (Å²) in [5.41, 5.74) is 0.736. The fraction of sp³-hybridized carbons (Fsp3) is 0.353. The topological polar surface area (TPSA) is 70.5 Å². The van der Waals surface area contributed by atoms with Crippen LogP contribution in [-0.2, 0) is 11.3 Å². The first-order valence-electron chi connectivity index (χ1n) is 8.20. The third-order valence-corrected chi connectivity index (χ3v) is 4.60. The minimum atomic E-state index is -0.407. The number of hydrogen-bond acceptors (Lipinski definition) is 3. The van der Waals surface area contributed by atoms with E-state index in [4.69, 9.17) is 0 Å². The van der Waals surface area contributed by atoms with Crippen LogP contribution in [0.4, 0.5) is 16.3 Å². The number of anilines is 2. The molecule has 0 bridgehead atoms. The Kier molecular flexibility index (Phi) is 3.68. The summed E-state index contributed by atoms with van der Waals surface area (Å²) < 4.78 is 1.82. The molecule has 1 N–H and O–H groups in total. The summed E-state index contributed by atoms with van der Waals surface area (Å²) >= 11 is 0. The first-order chi connectivity index (χ1) is 11.7. The summed E-state index contributed by atoms with van der Waals surface area (Å²) in [6, 6.07) is 10.5. The number of fused-ring (bicyclic) bond motifs is 1. The predicted octanol–water partition coefficient (Wildman–Crippen LogP) is 1.93. The first kappa shape index (κ1) is 14.7. The number of nitrogens with one attached hydrogen (secondary N) is 1. The quantitative estimate of drug-likeness (QED) is 0.917. The molecule has 7 nitrogen and oxygen atoms in total. The maximum absolute atomic E-state index is 12.9. The van der Waals surface area contributed by atoms with E-state index < -0.39 is 6.04 Å². The minimum Gasteiger partial charge on any atom is -0.312 e. The molecule has 1 atom stereocenters. The second kappa shape index (κ2) is 5.99. The molecule has 4 rings (SSSR count). The third kappa shape index (κ3) is 2.51. The van der Waals surface area contributed by atoms with Crippen molar-refractivity contribution in [2.75, 3.05) is 23.3 Å². The predicted molar refractivity (Wildman–Crippen MR) is 89.8 cm³/mol. The number of hydrogen-bond donors (Lipinski definition) is 1. The maximum Gasteiger partial charge on any atom is 0.322 e. The highest BCUT2D eigenvalue weighted by molar-refractivity contribution is 6.01. The van der Waals surface area contributed by atoms with Crippen molar-refractivity contribution in [1.82, 2.24) is 14.7 Å². The summed E-state index contributed by atoms with van der Waals surface area (Å²) in [7, 11) is 0. The molecule has 124 valence electrons. The largest absolute Gasteiger partial charge is 0.322 e. The Bertz CT molecular complexity index is 757. The van der Waals surface area contributed by atoms with Gasteiger partial charge in [-0.1, -0.05) is 18.2 Å². The fourth-order valence-electron chi connectivity index (χ4n) is 3.42. The average Bonchev–Trinajstić information content (AvgIpc) is 3.31. The lowest BCUT2D eigenvalue weighted by atomic mass is 10.2. The number of nitrogens with zero attached hydrogens (tertiary/aromatic N) is 4. The lowest BCUT2D eigenvalue weighted by Gasteiger charge is -2.27. The first-order valence-corrected chi connectivity index (χ1v) is 8.20. The van der Waals surface area contributed by atoms with Gasteiger partial charge in [-0.05, 0) is 25.0 Å². The van der Waals surface area contributed by atoms with Gasteiger partial charge in [-0.2, -0.15) is 5.10 Å². The van der Waals surface area contributed by atoms with Crippen molar-refractivity contribution in [3.05, 3.63) is 42.6 Å². The van der Waals surface area contributed by atoms with Crippen molar-refractivity contribution in [2.45, 2.75) is 25.4 Å².